The molecule has 1 N–H and O–H groups in total. The van der Waals surface area contributed by atoms with Crippen molar-refractivity contribution in [1.29, 1.82) is 0 Å². The predicted octanol–water partition coefficient (Wildman–Crippen LogP) is 2.64. The maximum atomic E-state index is 13.5. The number of nitrogens with one attached hydrogen (secondary N) is 1. The molecule has 2 nitrogen and oxygen atoms in total. The second-order valence-corrected chi connectivity index (χ2v) is 4.46. The van der Waals surface area contributed by atoms with Gasteiger partial charge in [-0.05, 0) is 50.6 Å². The number of rotatable bonds is 4. The maximum Gasteiger partial charge on any atom is 0.146 e. The van der Waals surface area contributed by atoms with Crippen LogP contribution in [0.1, 0.15) is 18.4 Å². The van der Waals surface area contributed by atoms with Gasteiger partial charge >= 0.3 is 0 Å². The minimum Gasteiger partial charge on any atom is -0.381 e. The molecule has 1 aliphatic heterocycles. The zero-order valence-corrected chi connectivity index (χ0v) is 9.80. The number of benzene rings is 1. The van der Waals surface area contributed by atoms with Gasteiger partial charge in [0.15, 0.2) is 0 Å². The van der Waals surface area contributed by atoms with Gasteiger partial charge in [0.25, 0.3) is 0 Å². The second-order valence-electron chi connectivity index (χ2n) is 4.46. The summed E-state index contributed by atoms with van der Waals surface area (Å²) in [6.45, 7) is 6.11. The third-order valence-corrected chi connectivity index (χ3v) is 3.07. The Labute approximate surface area is 96.5 Å². The smallest absolute Gasteiger partial charge is 0.146 e. The van der Waals surface area contributed by atoms with E-state index in [0.29, 0.717) is 5.69 Å². The Kier molecular flexibility index (Phi) is 3.78. The molecule has 1 saturated heterocycles. The summed E-state index contributed by atoms with van der Waals surface area (Å²) in [6, 6.07) is 5.31. The van der Waals surface area contributed by atoms with Gasteiger partial charge in [0.1, 0.15) is 5.82 Å². The van der Waals surface area contributed by atoms with Crippen molar-refractivity contribution in [3.8, 4) is 0 Å². The number of halogens is 1. The SMILES string of the molecule is Cc1ccc(NCCN2CCCC2)c(F)c1. The summed E-state index contributed by atoms with van der Waals surface area (Å²) in [4.78, 5) is 2.42. The van der Waals surface area contributed by atoms with Gasteiger partial charge in [-0.25, -0.2) is 4.39 Å². The Morgan fingerprint density at radius 3 is 2.75 bits per heavy atom. The number of anilines is 1. The van der Waals surface area contributed by atoms with Crippen LogP contribution in [-0.2, 0) is 0 Å². The molecule has 16 heavy (non-hydrogen) atoms. The molecule has 2 rings (SSSR count). The van der Waals surface area contributed by atoms with Crippen LogP contribution in [0.3, 0.4) is 0 Å². The summed E-state index contributed by atoms with van der Waals surface area (Å²) in [5, 5.41) is 3.15. The number of aryl methyl sites for hydroxylation is 1. The van der Waals surface area contributed by atoms with Gasteiger partial charge in [-0.3, -0.25) is 0 Å². The van der Waals surface area contributed by atoms with Crippen LogP contribution in [0, 0.1) is 12.7 Å². The highest BCUT2D eigenvalue weighted by Crippen LogP contribution is 2.15. The van der Waals surface area contributed by atoms with Gasteiger partial charge in [0.2, 0.25) is 0 Å². The van der Waals surface area contributed by atoms with Crippen molar-refractivity contribution in [2.24, 2.45) is 0 Å². The molecule has 88 valence electrons. The van der Waals surface area contributed by atoms with Crippen LogP contribution in [0.4, 0.5) is 10.1 Å². The van der Waals surface area contributed by atoms with E-state index in [2.05, 4.69) is 10.2 Å². The quantitative estimate of drug-likeness (QED) is 0.842. The van der Waals surface area contributed by atoms with Crippen LogP contribution >= 0.6 is 0 Å². The Balaban J connectivity index is 1.80. The van der Waals surface area contributed by atoms with Gasteiger partial charge in [0, 0.05) is 13.1 Å². The van der Waals surface area contributed by atoms with E-state index in [1.54, 1.807) is 6.07 Å². The Hall–Kier alpha value is -1.09. The number of nitrogens with zero attached hydrogens (tertiary/aromatic N) is 1. The molecule has 0 aliphatic carbocycles. The largest absolute Gasteiger partial charge is 0.381 e. The molecular formula is C13H19FN2. The van der Waals surface area contributed by atoms with E-state index in [-0.39, 0.29) is 5.82 Å². The summed E-state index contributed by atoms with van der Waals surface area (Å²) in [6.07, 6.45) is 2.61. The summed E-state index contributed by atoms with van der Waals surface area (Å²) < 4.78 is 13.5. The fourth-order valence-corrected chi connectivity index (χ4v) is 2.12. The van der Waals surface area contributed by atoms with E-state index in [9.17, 15) is 4.39 Å². The van der Waals surface area contributed by atoms with Gasteiger partial charge in [0.05, 0.1) is 5.69 Å². The highest BCUT2D eigenvalue weighted by molar-refractivity contribution is 5.46. The van der Waals surface area contributed by atoms with Gasteiger partial charge in [-0.15, -0.1) is 0 Å². The summed E-state index contributed by atoms with van der Waals surface area (Å²) in [5.41, 5.74) is 1.58. The number of hydrogen-bond donors (Lipinski definition) is 1. The van der Waals surface area contributed by atoms with Gasteiger partial charge in [-0.2, -0.15) is 0 Å². The van der Waals surface area contributed by atoms with Crippen molar-refractivity contribution in [1.82, 2.24) is 4.90 Å². The van der Waals surface area contributed by atoms with Crippen LogP contribution in [0.5, 0.6) is 0 Å². The van der Waals surface area contributed by atoms with Crippen molar-refractivity contribution in [3.05, 3.63) is 29.6 Å². The fraction of sp³-hybridized carbons (Fsp3) is 0.538. The van der Waals surface area contributed by atoms with E-state index in [1.807, 2.05) is 19.1 Å². The first-order valence-corrected chi connectivity index (χ1v) is 5.98. The maximum absolute atomic E-state index is 13.5. The Bertz CT molecular complexity index is 346. The van der Waals surface area contributed by atoms with Gasteiger partial charge < -0.3 is 10.2 Å². The molecule has 0 aromatic heterocycles. The van der Waals surface area contributed by atoms with Crippen LogP contribution in [0.2, 0.25) is 0 Å². The first-order valence-electron chi connectivity index (χ1n) is 5.98. The van der Waals surface area contributed by atoms with Crippen LogP contribution in [-0.4, -0.2) is 31.1 Å². The average Bonchev–Trinajstić information content (AvgIpc) is 2.74. The average molecular weight is 222 g/mol. The molecule has 0 saturated carbocycles. The standard InChI is InChI=1S/C13H19FN2/c1-11-4-5-13(12(14)10-11)15-6-9-16-7-2-3-8-16/h4-5,10,15H,2-3,6-9H2,1H3. The minimum atomic E-state index is -0.151. The lowest BCUT2D eigenvalue weighted by Crippen LogP contribution is -2.26. The lowest BCUT2D eigenvalue weighted by molar-refractivity contribution is 0.352. The number of likely N-dealkylation sites (tertiary alicyclic amines) is 1. The Morgan fingerprint density at radius 2 is 2.06 bits per heavy atom. The van der Waals surface area contributed by atoms with Crippen molar-refractivity contribution in [3.63, 3.8) is 0 Å². The normalized spacial score (nSPS) is 16.6. The summed E-state index contributed by atoms with van der Waals surface area (Å²) in [5.74, 6) is -0.151. The zero-order valence-electron chi connectivity index (χ0n) is 9.80. The molecule has 0 unspecified atom stereocenters. The van der Waals surface area contributed by atoms with E-state index in [4.69, 9.17) is 0 Å². The molecule has 0 amide bonds. The van der Waals surface area contributed by atoms with Crippen molar-refractivity contribution < 1.29 is 4.39 Å². The van der Waals surface area contributed by atoms with Crippen LogP contribution in [0.15, 0.2) is 18.2 Å². The van der Waals surface area contributed by atoms with E-state index in [1.165, 1.54) is 25.9 Å². The van der Waals surface area contributed by atoms with Crippen LogP contribution in [0.25, 0.3) is 0 Å². The molecule has 1 aliphatic rings. The highest BCUT2D eigenvalue weighted by Gasteiger charge is 2.10. The molecule has 0 bridgehead atoms. The molecular weight excluding hydrogens is 203 g/mol. The third-order valence-electron chi connectivity index (χ3n) is 3.07. The first-order chi connectivity index (χ1) is 7.75. The number of hydrogen-bond acceptors (Lipinski definition) is 2. The molecule has 1 heterocycles. The summed E-state index contributed by atoms with van der Waals surface area (Å²) >= 11 is 0. The predicted molar refractivity (Wildman–Crippen MR) is 65.3 cm³/mol. The molecule has 0 atom stereocenters. The zero-order chi connectivity index (χ0) is 11.4. The molecule has 3 heteroatoms. The molecule has 1 aromatic rings. The minimum absolute atomic E-state index is 0.151. The topological polar surface area (TPSA) is 15.3 Å². The van der Waals surface area contributed by atoms with Crippen LogP contribution < -0.4 is 5.32 Å². The fourth-order valence-electron chi connectivity index (χ4n) is 2.12. The van der Waals surface area contributed by atoms with Crippen molar-refractivity contribution in [2.45, 2.75) is 19.8 Å². The summed E-state index contributed by atoms with van der Waals surface area (Å²) in [7, 11) is 0. The first kappa shape index (κ1) is 11.4. The lowest BCUT2D eigenvalue weighted by atomic mass is 10.2. The monoisotopic (exact) mass is 222 g/mol. The van der Waals surface area contributed by atoms with E-state index in [0.717, 1.165) is 18.7 Å². The molecule has 1 fully saturated rings. The van der Waals surface area contributed by atoms with Crippen molar-refractivity contribution >= 4 is 5.69 Å². The van der Waals surface area contributed by atoms with E-state index < -0.39 is 0 Å². The third kappa shape index (κ3) is 2.95. The Morgan fingerprint density at radius 1 is 1.31 bits per heavy atom. The van der Waals surface area contributed by atoms with E-state index >= 15 is 0 Å². The van der Waals surface area contributed by atoms with Crippen molar-refractivity contribution in [2.75, 3.05) is 31.5 Å². The highest BCUT2D eigenvalue weighted by atomic mass is 19.1. The molecule has 0 radical (unpaired) electrons. The lowest BCUT2D eigenvalue weighted by Gasteiger charge is -2.15. The van der Waals surface area contributed by atoms with Gasteiger partial charge in [-0.1, -0.05) is 6.07 Å². The second kappa shape index (κ2) is 5.30. The molecule has 0 spiro atoms. The molecule has 1 aromatic carbocycles.